The quantitative estimate of drug-likeness (QED) is 0.653. The molecule has 1 N–H and O–H groups in total. The first-order chi connectivity index (χ1) is 11.0. The van der Waals surface area contributed by atoms with E-state index in [2.05, 4.69) is 5.32 Å². The van der Waals surface area contributed by atoms with E-state index in [4.69, 9.17) is 4.74 Å². The molecule has 0 aromatic heterocycles. The average molecular weight is 314 g/mol. The van der Waals surface area contributed by atoms with Gasteiger partial charge in [0.1, 0.15) is 0 Å². The number of carbonyl (C=O) groups excluding carboxylic acids is 1. The standard InChI is InChI=1S/C17H18N2O4/c1-3-13-5-4-6-14(10-13)18-17(20)11-23-16-8-7-12(2)9-15(16)19(21)22/h4-10H,3,11H2,1-2H3,(H,18,20). The van der Waals surface area contributed by atoms with E-state index in [-0.39, 0.29) is 24.0 Å². The Balaban J connectivity index is 2.00. The smallest absolute Gasteiger partial charge is 0.311 e. The number of anilines is 1. The summed E-state index contributed by atoms with van der Waals surface area (Å²) in [4.78, 5) is 22.4. The van der Waals surface area contributed by atoms with E-state index in [1.807, 2.05) is 25.1 Å². The number of nitrogens with one attached hydrogen (secondary N) is 1. The van der Waals surface area contributed by atoms with Crippen LogP contribution in [0.5, 0.6) is 5.75 Å². The molecule has 120 valence electrons. The summed E-state index contributed by atoms with van der Waals surface area (Å²) >= 11 is 0. The second-order valence-electron chi connectivity index (χ2n) is 5.12. The first kappa shape index (κ1) is 16.5. The van der Waals surface area contributed by atoms with Gasteiger partial charge in [-0.2, -0.15) is 0 Å². The Hall–Kier alpha value is -2.89. The Bertz CT molecular complexity index is 728. The van der Waals surface area contributed by atoms with Gasteiger partial charge in [0.15, 0.2) is 12.4 Å². The molecule has 0 aliphatic carbocycles. The number of hydrogen-bond acceptors (Lipinski definition) is 4. The lowest BCUT2D eigenvalue weighted by molar-refractivity contribution is -0.385. The molecule has 0 unspecified atom stereocenters. The lowest BCUT2D eigenvalue weighted by Gasteiger charge is -2.09. The van der Waals surface area contributed by atoms with Crippen LogP contribution in [0.25, 0.3) is 0 Å². The Labute approximate surface area is 134 Å². The van der Waals surface area contributed by atoms with E-state index >= 15 is 0 Å². The molecule has 0 heterocycles. The summed E-state index contributed by atoms with van der Waals surface area (Å²) in [6, 6.07) is 12.1. The van der Waals surface area contributed by atoms with Crippen molar-refractivity contribution in [2.75, 3.05) is 11.9 Å². The molecule has 23 heavy (non-hydrogen) atoms. The topological polar surface area (TPSA) is 81.5 Å². The van der Waals surface area contributed by atoms with Crippen LogP contribution in [0.4, 0.5) is 11.4 Å². The molecule has 1 amide bonds. The van der Waals surface area contributed by atoms with Crippen molar-refractivity contribution in [1.29, 1.82) is 0 Å². The largest absolute Gasteiger partial charge is 0.477 e. The first-order valence-electron chi connectivity index (χ1n) is 7.26. The van der Waals surface area contributed by atoms with E-state index in [1.54, 1.807) is 19.1 Å². The number of nitro groups is 1. The molecule has 0 bridgehead atoms. The molecule has 6 heteroatoms. The van der Waals surface area contributed by atoms with Gasteiger partial charge in [0, 0.05) is 11.8 Å². The summed E-state index contributed by atoms with van der Waals surface area (Å²) in [7, 11) is 0. The Morgan fingerprint density at radius 3 is 2.74 bits per heavy atom. The third-order valence-corrected chi connectivity index (χ3v) is 3.29. The van der Waals surface area contributed by atoms with Gasteiger partial charge in [-0.25, -0.2) is 0 Å². The van der Waals surface area contributed by atoms with Crippen LogP contribution in [-0.2, 0) is 11.2 Å². The van der Waals surface area contributed by atoms with Crippen LogP contribution < -0.4 is 10.1 Å². The van der Waals surface area contributed by atoms with Gasteiger partial charge in [0.2, 0.25) is 0 Å². The summed E-state index contributed by atoms with van der Waals surface area (Å²) in [5.41, 5.74) is 2.39. The highest BCUT2D eigenvalue weighted by Gasteiger charge is 2.16. The minimum Gasteiger partial charge on any atom is -0.477 e. The molecule has 0 aliphatic heterocycles. The summed E-state index contributed by atoms with van der Waals surface area (Å²) in [5.74, 6) is -0.286. The number of nitrogens with zero attached hydrogens (tertiary/aromatic N) is 1. The third-order valence-electron chi connectivity index (χ3n) is 3.29. The molecular formula is C17H18N2O4. The molecule has 0 fully saturated rings. The van der Waals surface area contributed by atoms with Crippen molar-refractivity contribution in [3.63, 3.8) is 0 Å². The van der Waals surface area contributed by atoms with E-state index in [9.17, 15) is 14.9 Å². The molecule has 2 aromatic rings. The Morgan fingerprint density at radius 2 is 2.04 bits per heavy atom. The number of amides is 1. The van der Waals surface area contributed by atoms with Gasteiger partial charge in [-0.3, -0.25) is 14.9 Å². The Morgan fingerprint density at radius 1 is 1.26 bits per heavy atom. The highest BCUT2D eigenvalue weighted by molar-refractivity contribution is 5.92. The lowest BCUT2D eigenvalue weighted by Crippen LogP contribution is -2.20. The second kappa shape index (κ2) is 7.40. The lowest BCUT2D eigenvalue weighted by atomic mass is 10.1. The van der Waals surface area contributed by atoms with E-state index < -0.39 is 4.92 Å². The van der Waals surface area contributed by atoms with Gasteiger partial charge in [0.05, 0.1) is 4.92 Å². The second-order valence-corrected chi connectivity index (χ2v) is 5.12. The van der Waals surface area contributed by atoms with Gasteiger partial charge < -0.3 is 10.1 Å². The molecule has 6 nitrogen and oxygen atoms in total. The molecule has 0 saturated carbocycles. The van der Waals surface area contributed by atoms with Crippen molar-refractivity contribution in [2.24, 2.45) is 0 Å². The van der Waals surface area contributed by atoms with Crippen molar-refractivity contribution in [1.82, 2.24) is 0 Å². The van der Waals surface area contributed by atoms with Crippen LogP contribution in [0.2, 0.25) is 0 Å². The van der Waals surface area contributed by atoms with Gasteiger partial charge in [-0.1, -0.05) is 25.1 Å². The van der Waals surface area contributed by atoms with Gasteiger partial charge >= 0.3 is 5.69 Å². The zero-order chi connectivity index (χ0) is 16.8. The number of nitro benzene ring substituents is 1. The molecule has 0 atom stereocenters. The molecule has 0 aliphatic rings. The van der Waals surface area contributed by atoms with Gasteiger partial charge in [0.25, 0.3) is 5.91 Å². The van der Waals surface area contributed by atoms with Crippen LogP contribution in [0.1, 0.15) is 18.1 Å². The molecule has 2 rings (SSSR count). The number of benzene rings is 2. The number of rotatable bonds is 6. The van der Waals surface area contributed by atoms with Crippen molar-refractivity contribution in [3.8, 4) is 5.75 Å². The van der Waals surface area contributed by atoms with Gasteiger partial charge in [-0.15, -0.1) is 0 Å². The molecule has 0 saturated heterocycles. The normalized spacial score (nSPS) is 10.2. The summed E-state index contributed by atoms with van der Waals surface area (Å²) < 4.78 is 5.29. The predicted octanol–water partition coefficient (Wildman–Crippen LogP) is 3.48. The molecular weight excluding hydrogens is 296 g/mol. The Kier molecular flexibility index (Phi) is 5.30. The molecule has 2 aromatic carbocycles. The average Bonchev–Trinajstić information content (AvgIpc) is 2.53. The van der Waals surface area contributed by atoms with Crippen LogP contribution in [0.15, 0.2) is 42.5 Å². The van der Waals surface area contributed by atoms with E-state index in [1.165, 1.54) is 12.1 Å². The maximum Gasteiger partial charge on any atom is 0.311 e. The summed E-state index contributed by atoms with van der Waals surface area (Å²) in [6.45, 7) is 3.49. The fraction of sp³-hybridized carbons (Fsp3) is 0.235. The third kappa shape index (κ3) is 4.54. The molecule has 0 radical (unpaired) electrons. The number of carbonyl (C=O) groups is 1. The van der Waals surface area contributed by atoms with Crippen molar-refractivity contribution >= 4 is 17.3 Å². The van der Waals surface area contributed by atoms with Crippen LogP contribution in [0, 0.1) is 17.0 Å². The zero-order valence-corrected chi connectivity index (χ0v) is 13.0. The fourth-order valence-corrected chi connectivity index (χ4v) is 2.10. The van der Waals surface area contributed by atoms with Crippen molar-refractivity contribution in [3.05, 3.63) is 63.7 Å². The van der Waals surface area contributed by atoms with Crippen molar-refractivity contribution < 1.29 is 14.5 Å². The van der Waals surface area contributed by atoms with Crippen LogP contribution >= 0.6 is 0 Å². The highest BCUT2D eigenvalue weighted by Crippen LogP contribution is 2.27. The van der Waals surface area contributed by atoms with Crippen LogP contribution in [0.3, 0.4) is 0 Å². The minimum atomic E-state index is -0.523. The summed E-state index contributed by atoms with van der Waals surface area (Å²) in [6.07, 6.45) is 0.871. The number of hydrogen-bond donors (Lipinski definition) is 1. The monoisotopic (exact) mass is 314 g/mol. The van der Waals surface area contributed by atoms with E-state index in [0.29, 0.717) is 5.69 Å². The minimum absolute atomic E-state index is 0.0815. The molecule has 0 spiro atoms. The zero-order valence-electron chi connectivity index (χ0n) is 13.0. The maximum atomic E-state index is 11.9. The van der Waals surface area contributed by atoms with Gasteiger partial charge in [-0.05, 0) is 42.7 Å². The fourth-order valence-electron chi connectivity index (χ4n) is 2.10. The highest BCUT2D eigenvalue weighted by atomic mass is 16.6. The van der Waals surface area contributed by atoms with Crippen molar-refractivity contribution in [2.45, 2.75) is 20.3 Å². The summed E-state index contributed by atoms with van der Waals surface area (Å²) in [5, 5.41) is 13.7. The first-order valence-corrected chi connectivity index (χ1v) is 7.26. The van der Waals surface area contributed by atoms with Crippen LogP contribution in [-0.4, -0.2) is 17.4 Å². The van der Waals surface area contributed by atoms with E-state index in [0.717, 1.165) is 17.5 Å². The maximum absolute atomic E-state index is 11.9. The number of aryl methyl sites for hydroxylation is 2. The SMILES string of the molecule is CCc1cccc(NC(=O)COc2ccc(C)cc2[N+](=O)[O-])c1. The predicted molar refractivity (Wildman–Crippen MR) is 87.8 cm³/mol. The number of ether oxygens (including phenoxy) is 1.